The summed E-state index contributed by atoms with van der Waals surface area (Å²) < 4.78 is 0. The van der Waals surface area contributed by atoms with Crippen molar-refractivity contribution in [1.29, 1.82) is 0 Å². The molecule has 1 rings (SSSR count). The lowest BCUT2D eigenvalue weighted by Crippen LogP contribution is -2.34. The summed E-state index contributed by atoms with van der Waals surface area (Å²) in [7, 11) is 4.23. The van der Waals surface area contributed by atoms with Crippen LogP contribution in [0.5, 0.6) is 0 Å². The van der Waals surface area contributed by atoms with Crippen LogP contribution in [0.2, 0.25) is 0 Å². The third kappa shape index (κ3) is 3.73. The summed E-state index contributed by atoms with van der Waals surface area (Å²) in [5.41, 5.74) is 0. The maximum absolute atomic E-state index is 3.53. The summed E-state index contributed by atoms with van der Waals surface area (Å²) >= 11 is 0. The lowest BCUT2D eigenvalue weighted by Gasteiger charge is -2.15. The van der Waals surface area contributed by atoms with Crippen LogP contribution in [-0.4, -0.2) is 38.1 Å². The third-order valence-electron chi connectivity index (χ3n) is 2.35. The molecule has 11 heavy (non-hydrogen) atoms. The van der Waals surface area contributed by atoms with Gasteiger partial charge in [-0.15, -0.1) is 0 Å². The van der Waals surface area contributed by atoms with Gasteiger partial charge in [-0.1, -0.05) is 0 Å². The number of hydrogen-bond donors (Lipinski definition) is 1. The molecule has 0 aromatic rings. The van der Waals surface area contributed by atoms with Crippen molar-refractivity contribution in [2.45, 2.75) is 25.8 Å². The molecule has 0 aromatic heterocycles. The van der Waals surface area contributed by atoms with Crippen LogP contribution in [0.1, 0.15) is 19.8 Å². The van der Waals surface area contributed by atoms with Gasteiger partial charge in [0.1, 0.15) is 0 Å². The first-order chi connectivity index (χ1) is 5.20. The molecule has 1 saturated carbocycles. The van der Waals surface area contributed by atoms with Crippen molar-refractivity contribution in [1.82, 2.24) is 10.2 Å². The van der Waals surface area contributed by atoms with Gasteiger partial charge in [0, 0.05) is 19.1 Å². The third-order valence-corrected chi connectivity index (χ3v) is 2.35. The van der Waals surface area contributed by atoms with Crippen LogP contribution in [0.25, 0.3) is 0 Å². The van der Waals surface area contributed by atoms with Crippen molar-refractivity contribution in [2.24, 2.45) is 5.92 Å². The Kier molecular flexibility index (Phi) is 3.34. The second-order valence-electron chi connectivity index (χ2n) is 3.88. The van der Waals surface area contributed by atoms with Gasteiger partial charge in [-0.2, -0.15) is 0 Å². The molecule has 2 heteroatoms. The van der Waals surface area contributed by atoms with Gasteiger partial charge in [-0.25, -0.2) is 0 Å². The predicted octanol–water partition coefficient (Wildman–Crippen LogP) is 0.936. The first-order valence-electron chi connectivity index (χ1n) is 4.58. The molecule has 0 saturated heterocycles. The highest BCUT2D eigenvalue weighted by molar-refractivity contribution is 4.83. The Morgan fingerprint density at radius 1 is 1.45 bits per heavy atom. The molecule has 66 valence electrons. The summed E-state index contributed by atoms with van der Waals surface area (Å²) in [6.07, 6.45) is 2.88. The Labute approximate surface area is 70.0 Å². The topological polar surface area (TPSA) is 15.3 Å². The Bertz CT molecular complexity index is 108. The van der Waals surface area contributed by atoms with E-state index in [2.05, 4.69) is 31.2 Å². The second-order valence-corrected chi connectivity index (χ2v) is 3.88. The van der Waals surface area contributed by atoms with E-state index in [0.29, 0.717) is 0 Å². The molecule has 0 aliphatic heterocycles. The first-order valence-corrected chi connectivity index (χ1v) is 4.58. The van der Waals surface area contributed by atoms with Crippen LogP contribution in [0.3, 0.4) is 0 Å². The summed E-state index contributed by atoms with van der Waals surface area (Å²) in [5.74, 6) is 0.983. The van der Waals surface area contributed by atoms with Gasteiger partial charge >= 0.3 is 0 Å². The molecule has 0 amide bonds. The lowest BCUT2D eigenvalue weighted by atomic mass is 10.2. The average molecular weight is 156 g/mol. The highest BCUT2D eigenvalue weighted by atomic mass is 15.1. The van der Waals surface area contributed by atoms with E-state index in [1.165, 1.54) is 12.8 Å². The van der Waals surface area contributed by atoms with Gasteiger partial charge < -0.3 is 10.2 Å². The van der Waals surface area contributed by atoms with Crippen molar-refractivity contribution < 1.29 is 0 Å². The highest BCUT2D eigenvalue weighted by Gasteiger charge is 2.26. The van der Waals surface area contributed by atoms with Crippen LogP contribution in [0.15, 0.2) is 0 Å². The highest BCUT2D eigenvalue weighted by Crippen LogP contribution is 2.32. The van der Waals surface area contributed by atoms with E-state index in [0.717, 1.165) is 25.0 Å². The van der Waals surface area contributed by atoms with Gasteiger partial charge in [0.25, 0.3) is 0 Å². The van der Waals surface area contributed by atoms with Crippen molar-refractivity contribution >= 4 is 0 Å². The second kappa shape index (κ2) is 4.07. The maximum atomic E-state index is 3.53. The molecule has 0 aromatic carbocycles. The molecule has 0 spiro atoms. The van der Waals surface area contributed by atoms with E-state index in [-0.39, 0.29) is 0 Å². The fraction of sp³-hybridized carbons (Fsp3) is 1.00. The summed E-state index contributed by atoms with van der Waals surface area (Å²) in [6.45, 7) is 4.58. The smallest absolute Gasteiger partial charge is 0.0101 e. The zero-order valence-corrected chi connectivity index (χ0v) is 7.93. The van der Waals surface area contributed by atoms with Crippen LogP contribution in [0, 0.1) is 5.92 Å². The molecule has 1 fully saturated rings. The van der Waals surface area contributed by atoms with Gasteiger partial charge in [-0.3, -0.25) is 0 Å². The average Bonchev–Trinajstić information content (AvgIpc) is 2.66. The molecule has 1 N–H and O–H groups in total. The van der Waals surface area contributed by atoms with E-state index >= 15 is 0 Å². The molecule has 0 heterocycles. The molecule has 1 aliphatic carbocycles. The lowest BCUT2D eigenvalue weighted by molar-refractivity contribution is 0.379. The van der Waals surface area contributed by atoms with E-state index in [4.69, 9.17) is 0 Å². The van der Waals surface area contributed by atoms with E-state index in [9.17, 15) is 0 Å². The van der Waals surface area contributed by atoms with Crippen molar-refractivity contribution in [3.05, 3.63) is 0 Å². The van der Waals surface area contributed by atoms with E-state index < -0.39 is 0 Å². The van der Waals surface area contributed by atoms with Gasteiger partial charge in [0.15, 0.2) is 0 Å². The molecular formula is C9H20N2. The predicted molar refractivity (Wildman–Crippen MR) is 48.7 cm³/mol. The first kappa shape index (κ1) is 9.01. The van der Waals surface area contributed by atoms with Crippen molar-refractivity contribution in [3.8, 4) is 0 Å². The minimum atomic E-state index is 0.745. The molecule has 1 atom stereocenters. The van der Waals surface area contributed by atoms with Crippen molar-refractivity contribution in [3.63, 3.8) is 0 Å². The van der Waals surface area contributed by atoms with Crippen LogP contribution in [0.4, 0.5) is 0 Å². The van der Waals surface area contributed by atoms with E-state index in [1.807, 2.05) is 0 Å². The normalized spacial score (nSPS) is 20.7. The summed E-state index contributed by atoms with van der Waals surface area (Å²) in [5, 5.41) is 3.53. The quantitative estimate of drug-likeness (QED) is 0.637. The number of rotatable bonds is 5. The molecular weight excluding hydrogens is 136 g/mol. The van der Waals surface area contributed by atoms with Gasteiger partial charge in [0.05, 0.1) is 0 Å². The summed E-state index contributed by atoms with van der Waals surface area (Å²) in [4.78, 5) is 2.21. The zero-order valence-electron chi connectivity index (χ0n) is 7.93. The maximum Gasteiger partial charge on any atom is 0.0101 e. The minimum absolute atomic E-state index is 0.745. The van der Waals surface area contributed by atoms with Crippen LogP contribution < -0.4 is 5.32 Å². The SMILES string of the molecule is CC(NCCN(C)C)C1CC1. The monoisotopic (exact) mass is 156 g/mol. The molecule has 1 unspecified atom stereocenters. The van der Waals surface area contributed by atoms with Gasteiger partial charge in [-0.05, 0) is 39.8 Å². The molecule has 1 aliphatic rings. The Balaban J connectivity index is 1.93. The standard InChI is InChI=1S/C9H20N2/c1-8(9-4-5-9)10-6-7-11(2)3/h8-10H,4-7H2,1-3H3. The number of likely N-dealkylation sites (N-methyl/N-ethyl adjacent to an activating group) is 1. The number of hydrogen-bond acceptors (Lipinski definition) is 2. The fourth-order valence-electron chi connectivity index (χ4n) is 1.28. The van der Waals surface area contributed by atoms with Crippen LogP contribution in [-0.2, 0) is 0 Å². The number of nitrogens with one attached hydrogen (secondary N) is 1. The Morgan fingerprint density at radius 3 is 2.55 bits per heavy atom. The molecule has 0 bridgehead atoms. The zero-order chi connectivity index (χ0) is 8.27. The largest absolute Gasteiger partial charge is 0.313 e. The molecule has 0 radical (unpaired) electrons. The van der Waals surface area contributed by atoms with Crippen LogP contribution >= 0.6 is 0 Å². The Morgan fingerprint density at radius 2 is 2.09 bits per heavy atom. The fourth-order valence-corrected chi connectivity index (χ4v) is 1.28. The molecule has 2 nitrogen and oxygen atoms in total. The summed E-state index contributed by atoms with van der Waals surface area (Å²) in [6, 6.07) is 0.745. The number of nitrogens with zero attached hydrogens (tertiary/aromatic N) is 1. The van der Waals surface area contributed by atoms with Crippen molar-refractivity contribution in [2.75, 3.05) is 27.2 Å². The Hall–Kier alpha value is -0.0800. The minimum Gasteiger partial charge on any atom is -0.313 e. The van der Waals surface area contributed by atoms with E-state index in [1.54, 1.807) is 0 Å². The van der Waals surface area contributed by atoms with Gasteiger partial charge in [0.2, 0.25) is 0 Å².